The van der Waals surface area contributed by atoms with Crippen LogP contribution in [-0.4, -0.2) is 28.0 Å². The average molecular weight is 404 g/mol. The Balaban J connectivity index is 2.14. The van der Waals surface area contributed by atoms with Crippen LogP contribution in [-0.2, 0) is 4.74 Å². The maximum atomic E-state index is 14.7. The van der Waals surface area contributed by atoms with Crippen LogP contribution in [0, 0.1) is 11.6 Å². The molecule has 7 heteroatoms. The third kappa shape index (κ3) is 4.04. The maximum absolute atomic E-state index is 14.7. The van der Waals surface area contributed by atoms with Crippen LogP contribution < -0.4 is 0 Å². The van der Waals surface area contributed by atoms with Gasteiger partial charge in [-0.3, -0.25) is 4.99 Å². The number of hydrogen-bond acceptors (Lipinski definition) is 4. The van der Waals surface area contributed by atoms with Crippen molar-refractivity contribution >= 4 is 23.0 Å². The molecule has 2 aromatic carbocycles. The summed E-state index contributed by atoms with van der Waals surface area (Å²) in [6, 6.07) is 10.7. The Kier molecular flexibility index (Phi) is 5.74. The minimum atomic E-state index is -0.851. The zero-order chi connectivity index (χ0) is 20.5. The maximum Gasteiger partial charge on any atom is 0.417 e. The fourth-order valence-electron chi connectivity index (χ4n) is 3.14. The summed E-state index contributed by atoms with van der Waals surface area (Å²) in [4.78, 5) is 18.9. The van der Waals surface area contributed by atoms with Gasteiger partial charge in [-0.25, -0.2) is 18.5 Å². The molecule has 0 aromatic heterocycles. The molecule has 1 aliphatic rings. The van der Waals surface area contributed by atoms with Gasteiger partial charge in [-0.2, -0.15) is 0 Å². The molecule has 1 amide bonds. The van der Waals surface area contributed by atoms with E-state index in [1.807, 2.05) is 0 Å². The van der Waals surface area contributed by atoms with E-state index in [0.717, 1.165) is 0 Å². The molecule has 4 nitrogen and oxygen atoms in total. The van der Waals surface area contributed by atoms with Crippen molar-refractivity contribution in [1.82, 2.24) is 4.90 Å². The van der Waals surface area contributed by atoms with Crippen LogP contribution in [0.15, 0.2) is 53.5 Å². The third-order valence-corrected chi connectivity index (χ3v) is 4.92. The monoisotopic (exact) mass is 404 g/mol. The molecule has 28 heavy (non-hydrogen) atoms. The highest BCUT2D eigenvalue weighted by Crippen LogP contribution is 2.45. The molecule has 0 unspecified atom stereocenters. The minimum Gasteiger partial charge on any atom is -0.443 e. The number of nitrogens with zero attached hydrogens (tertiary/aromatic N) is 2. The van der Waals surface area contributed by atoms with Crippen LogP contribution in [0.25, 0.3) is 0 Å². The van der Waals surface area contributed by atoms with E-state index in [1.54, 1.807) is 63.4 Å². The molecular formula is C21H22F2N2O2S. The van der Waals surface area contributed by atoms with Gasteiger partial charge in [-0.15, -0.1) is 0 Å². The van der Waals surface area contributed by atoms with E-state index in [-0.39, 0.29) is 5.56 Å². The van der Waals surface area contributed by atoms with Gasteiger partial charge in [-0.05, 0) is 39.2 Å². The van der Waals surface area contributed by atoms with E-state index < -0.39 is 35.4 Å². The molecule has 0 spiro atoms. The number of hydrogen-bond donors (Lipinski definition) is 0. The first-order valence-corrected chi connectivity index (χ1v) is 10.1. The third-order valence-electron chi connectivity index (χ3n) is 4.25. The van der Waals surface area contributed by atoms with Crippen molar-refractivity contribution < 1.29 is 18.3 Å². The average Bonchev–Trinajstić information content (AvgIpc) is 3.00. The van der Waals surface area contributed by atoms with E-state index in [0.29, 0.717) is 10.7 Å². The van der Waals surface area contributed by atoms with Crippen LogP contribution in [0.1, 0.15) is 44.0 Å². The van der Waals surface area contributed by atoms with Crippen LogP contribution in [0.4, 0.5) is 13.6 Å². The summed E-state index contributed by atoms with van der Waals surface area (Å²) in [5.41, 5.74) is -0.181. The van der Waals surface area contributed by atoms with E-state index in [4.69, 9.17) is 4.74 Å². The smallest absolute Gasteiger partial charge is 0.417 e. The first-order valence-electron chi connectivity index (χ1n) is 8.86. The molecule has 0 fully saturated rings. The van der Waals surface area contributed by atoms with Gasteiger partial charge in [0.05, 0.1) is 6.04 Å². The molecular weight excluding hydrogens is 382 g/mol. The van der Waals surface area contributed by atoms with Crippen LogP contribution >= 0.6 is 11.8 Å². The van der Waals surface area contributed by atoms with Gasteiger partial charge in [0.25, 0.3) is 0 Å². The first kappa shape index (κ1) is 20.3. The fraction of sp³-hybridized carbons (Fsp3) is 0.333. The van der Waals surface area contributed by atoms with E-state index in [9.17, 15) is 13.6 Å². The molecule has 1 heterocycles. The van der Waals surface area contributed by atoms with Crippen molar-refractivity contribution in [3.8, 4) is 0 Å². The van der Waals surface area contributed by atoms with E-state index in [2.05, 4.69) is 4.99 Å². The van der Waals surface area contributed by atoms with Gasteiger partial charge in [-0.1, -0.05) is 48.2 Å². The predicted octanol–water partition coefficient (Wildman–Crippen LogP) is 5.72. The number of halogens is 2. The largest absolute Gasteiger partial charge is 0.443 e. The van der Waals surface area contributed by atoms with Gasteiger partial charge < -0.3 is 4.74 Å². The van der Waals surface area contributed by atoms with Crippen molar-refractivity contribution in [3.05, 3.63) is 71.3 Å². The summed E-state index contributed by atoms with van der Waals surface area (Å²) >= 11 is 1.23. The van der Waals surface area contributed by atoms with Crippen LogP contribution in [0.5, 0.6) is 0 Å². The molecule has 148 valence electrons. The molecule has 0 radical (unpaired) electrons. The Morgan fingerprint density at radius 1 is 1.04 bits per heavy atom. The highest BCUT2D eigenvalue weighted by molar-refractivity contribution is 8.13. The SMILES string of the molecule is CSC1=N[C@@H](c2ccccc2F)[C@@H](c2ccccc2F)N1C(=O)OC(C)(C)C. The predicted molar refractivity (Wildman–Crippen MR) is 107 cm³/mol. The highest BCUT2D eigenvalue weighted by atomic mass is 32.2. The van der Waals surface area contributed by atoms with Crippen LogP contribution in [0.3, 0.4) is 0 Å². The normalized spacial score (nSPS) is 19.5. The molecule has 2 atom stereocenters. The van der Waals surface area contributed by atoms with Gasteiger partial charge in [0, 0.05) is 11.1 Å². The zero-order valence-electron chi connectivity index (χ0n) is 16.1. The van der Waals surface area contributed by atoms with E-state index in [1.165, 1.54) is 28.8 Å². The summed E-state index contributed by atoms with van der Waals surface area (Å²) in [6.07, 6.45) is 1.12. The molecule has 0 saturated heterocycles. The van der Waals surface area contributed by atoms with Crippen molar-refractivity contribution in [1.29, 1.82) is 0 Å². The van der Waals surface area contributed by atoms with Crippen molar-refractivity contribution in [2.45, 2.75) is 38.5 Å². The lowest BCUT2D eigenvalue weighted by Gasteiger charge is -2.31. The number of thioether (sulfide) groups is 1. The summed E-state index contributed by atoms with van der Waals surface area (Å²) in [6.45, 7) is 5.26. The lowest BCUT2D eigenvalue weighted by Crippen LogP contribution is -2.40. The van der Waals surface area contributed by atoms with Crippen molar-refractivity contribution in [2.75, 3.05) is 6.26 Å². The molecule has 1 aliphatic heterocycles. The van der Waals surface area contributed by atoms with Crippen LogP contribution in [0.2, 0.25) is 0 Å². The van der Waals surface area contributed by atoms with Gasteiger partial charge >= 0.3 is 6.09 Å². The lowest BCUT2D eigenvalue weighted by molar-refractivity contribution is 0.0318. The zero-order valence-corrected chi connectivity index (χ0v) is 17.0. The second kappa shape index (κ2) is 7.91. The Labute approximate surface area is 167 Å². The Morgan fingerprint density at radius 2 is 1.57 bits per heavy atom. The Hall–Kier alpha value is -2.41. The summed E-state index contributed by atoms with van der Waals surface area (Å²) in [5.74, 6) is -0.941. The minimum absolute atomic E-state index is 0.259. The Morgan fingerprint density at radius 3 is 2.07 bits per heavy atom. The quantitative estimate of drug-likeness (QED) is 0.643. The number of amides is 1. The molecule has 0 bridgehead atoms. The number of benzene rings is 2. The van der Waals surface area contributed by atoms with Crippen molar-refractivity contribution in [3.63, 3.8) is 0 Å². The summed E-state index contributed by atoms with van der Waals surface area (Å²) in [5, 5.41) is 0.357. The number of ether oxygens (including phenoxy) is 1. The topological polar surface area (TPSA) is 41.9 Å². The summed E-state index contributed by atoms with van der Waals surface area (Å²) < 4.78 is 34.8. The molecule has 3 rings (SSSR count). The number of amidine groups is 1. The van der Waals surface area contributed by atoms with Gasteiger partial charge in [0.15, 0.2) is 5.17 Å². The second-order valence-electron chi connectivity index (χ2n) is 7.40. The number of aliphatic imine (C=N–C) groups is 1. The number of carbonyl (C=O) groups is 1. The molecule has 0 saturated carbocycles. The standard InChI is InChI=1S/C21H22F2N2O2S/c1-21(2,3)27-20(26)25-18(14-10-6-8-12-16(14)23)17(24-19(25)28-4)13-9-5-7-11-15(13)22/h5-12,17-18H,1-4H3/t17-,18+/m0/s1. The lowest BCUT2D eigenvalue weighted by atomic mass is 9.93. The number of rotatable bonds is 2. The first-order chi connectivity index (χ1) is 13.2. The molecule has 0 N–H and O–H groups in total. The molecule has 0 aliphatic carbocycles. The van der Waals surface area contributed by atoms with Crippen molar-refractivity contribution in [2.24, 2.45) is 4.99 Å². The summed E-state index contributed by atoms with van der Waals surface area (Å²) in [7, 11) is 0. The second-order valence-corrected chi connectivity index (χ2v) is 8.17. The molecule has 2 aromatic rings. The highest BCUT2D eigenvalue weighted by Gasteiger charge is 2.45. The van der Waals surface area contributed by atoms with Gasteiger partial charge in [0.2, 0.25) is 0 Å². The van der Waals surface area contributed by atoms with Gasteiger partial charge in [0.1, 0.15) is 23.3 Å². The number of carbonyl (C=O) groups excluding carboxylic acids is 1. The van der Waals surface area contributed by atoms with E-state index >= 15 is 0 Å². The fourth-order valence-corrected chi connectivity index (χ4v) is 3.75. The Bertz CT molecular complexity index is 911.